The quantitative estimate of drug-likeness (QED) is 0.878. The first-order valence-electron chi connectivity index (χ1n) is 8.60. The molecule has 1 saturated carbocycles. The SMILES string of the molecule is CCC[C@@H]1CN(C(C)C)C[C@H]1NC(=O)c1cc(C2CC2)on1. The maximum atomic E-state index is 12.4. The number of nitrogens with one attached hydrogen (secondary N) is 1. The summed E-state index contributed by atoms with van der Waals surface area (Å²) < 4.78 is 5.29. The monoisotopic (exact) mass is 305 g/mol. The maximum absolute atomic E-state index is 12.4. The number of hydrogen-bond donors (Lipinski definition) is 1. The molecule has 1 aromatic heterocycles. The number of nitrogens with zero attached hydrogens (tertiary/aromatic N) is 2. The van der Waals surface area contributed by atoms with Crippen LogP contribution in [-0.2, 0) is 0 Å². The molecule has 0 aromatic carbocycles. The number of carbonyl (C=O) groups is 1. The molecule has 1 aliphatic carbocycles. The van der Waals surface area contributed by atoms with Crippen molar-refractivity contribution < 1.29 is 9.32 Å². The van der Waals surface area contributed by atoms with Gasteiger partial charge in [-0.1, -0.05) is 18.5 Å². The third-order valence-corrected chi connectivity index (χ3v) is 4.92. The van der Waals surface area contributed by atoms with Gasteiger partial charge in [0, 0.05) is 37.2 Å². The second-order valence-electron chi connectivity index (χ2n) is 7.07. The van der Waals surface area contributed by atoms with Gasteiger partial charge in [0.05, 0.1) is 0 Å². The highest BCUT2D eigenvalue weighted by Gasteiger charge is 2.35. The normalized spacial score (nSPS) is 25.8. The zero-order valence-electron chi connectivity index (χ0n) is 13.8. The fourth-order valence-corrected chi connectivity index (χ4v) is 3.35. The second-order valence-corrected chi connectivity index (χ2v) is 7.07. The number of likely N-dealkylation sites (tertiary alicyclic amines) is 1. The van der Waals surface area contributed by atoms with E-state index < -0.39 is 0 Å². The Balaban J connectivity index is 1.62. The molecule has 0 bridgehead atoms. The third kappa shape index (κ3) is 3.35. The van der Waals surface area contributed by atoms with Crippen LogP contribution in [0.1, 0.15) is 68.6 Å². The lowest BCUT2D eigenvalue weighted by molar-refractivity contribution is 0.0919. The lowest BCUT2D eigenvalue weighted by Gasteiger charge is -2.20. The van der Waals surface area contributed by atoms with Gasteiger partial charge in [0.2, 0.25) is 0 Å². The Morgan fingerprint density at radius 2 is 2.23 bits per heavy atom. The van der Waals surface area contributed by atoms with Gasteiger partial charge in [0.25, 0.3) is 5.91 Å². The van der Waals surface area contributed by atoms with Gasteiger partial charge in [-0.2, -0.15) is 0 Å². The predicted molar refractivity (Wildman–Crippen MR) is 84.8 cm³/mol. The zero-order chi connectivity index (χ0) is 15.7. The fraction of sp³-hybridized carbons (Fsp3) is 0.765. The van der Waals surface area contributed by atoms with Crippen molar-refractivity contribution in [1.82, 2.24) is 15.4 Å². The topological polar surface area (TPSA) is 58.4 Å². The zero-order valence-corrected chi connectivity index (χ0v) is 13.8. The van der Waals surface area contributed by atoms with Crippen molar-refractivity contribution in [3.05, 3.63) is 17.5 Å². The van der Waals surface area contributed by atoms with E-state index >= 15 is 0 Å². The van der Waals surface area contributed by atoms with Gasteiger partial charge in [0.1, 0.15) is 5.76 Å². The molecule has 1 saturated heterocycles. The summed E-state index contributed by atoms with van der Waals surface area (Å²) in [7, 11) is 0. The summed E-state index contributed by atoms with van der Waals surface area (Å²) in [4.78, 5) is 14.9. The van der Waals surface area contributed by atoms with Crippen LogP contribution < -0.4 is 5.32 Å². The Morgan fingerprint density at radius 1 is 1.45 bits per heavy atom. The largest absolute Gasteiger partial charge is 0.360 e. The molecular formula is C17H27N3O2. The molecular weight excluding hydrogens is 278 g/mol. The van der Waals surface area contributed by atoms with Crippen LogP contribution in [0, 0.1) is 5.92 Å². The van der Waals surface area contributed by atoms with E-state index in [-0.39, 0.29) is 11.9 Å². The van der Waals surface area contributed by atoms with E-state index in [0.29, 0.717) is 23.6 Å². The van der Waals surface area contributed by atoms with Crippen molar-refractivity contribution in [2.45, 2.75) is 64.5 Å². The lowest BCUT2D eigenvalue weighted by atomic mass is 9.98. The van der Waals surface area contributed by atoms with Crippen LogP contribution >= 0.6 is 0 Å². The van der Waals surface area contributed by atoms with Gasteiger partial charge < -0.3 is 9.84 Å². The van der Waals surface area contributed by atoms with Gasteiger partial charge in [-0.25, -0.2) is 0 Å². The van der Waals surface area contributed by atoms with E-state index in [4.69, 9.17) is 4.52 Å². The molecule has 22 heavy (non-hydrogen) atoms. The van der Waals surface area contributed by atoms with E-state index in [0.717, 1.165) is 44.5 Å². The van der Waals surface area contributed by atoms with E-state index in [1.165, 1.54) is 0 Å². The minimum Gasteiger partial charge on any atom is -0.360 e. The first kappa shape index (κ1) is 15.5. The number of hydrogen-bond acceptors (Lipinski definition) is 4. The molecule has 5 nitrogen and oxygen atoms in total. The average molecular weight is 305 g/mol. The summed E-state index contributed by atoms with van der Waals surface area (Å²) in [5.74, 6) is 1.80. The van der Waals surface area contributed by atoms with Crippen LogP contribution in [0.5, 0.6) is 0 Å². The summed E-state index contributed by atoms with van der Waals surface area (Å²) in [5.41, 5.74) is 0.431. The van der Waals surface area contributed by atoms with Crippen LogP contribution in [0.4, 0.5) is 0 Å². The molecule has 2 heterocycles. The molecule has 1 aliphatic heterocycles. The Kier molecular flexibility index (Phi) is 4.52. The van der Waals surface area contributed by atoms with Crippen LogP contribution in [-0.4, -0.2) is 41.1 Å². The average Bonchev–Trinajstić information content (AvgIpc) is 3.07. The molecule has 1 aromatic rings. The van der Waals surface area contributed by atoms with E-state index in [9.17, 15) is 4.79 Å². The van der Waals surface area contributed by atoms with Crippen LogP contribution in [0.25, 0.3) is 0 Å². The second kappa shape index (κ2) is 6.41. The maximum Gasteiger partial charge on any atom is 0.273 e. The molecule has 3 rings (SSSR count). The van der Waals surface area contributed by atoms with Gasteiger partial charge in [-0.05, 0) is 39.0 Å². The summed E-state index contributed by atoms with van der Waals surface area (Å²) in [6.45, 7) is 8.64. The van der Waals surface area contributed by atoms with Crippen molar-refractivity contribution in [1.29, 1.82) is 0 Å². The van der Waals surface area contributed by atoms with E-state index in [1.807, 2.05) is 6.07 Å². The van der Waals surface area contributed by atoms with Crippen molar-refractivity contribution in [3.8, 4) is 0 Å². The van der Waals surface area contributed by atoms with Crippen LogP contribution in [0.3, 0.4) is 0 Å². The molecule has 0 unspecified atom stereocenters. The number of amides is 1. The molecule has 0 spiro atoms. The van der Waals surface area contributed by atoms with Crippen molar-refractivity contribution in [3.63, 3.8) is 0 Å². The Morgan fingerprint density at radius 3 is 2.86 bits per heavy atom. The summed E-state index contributed by atoms with van der Waals surface area (Å²) in [5, 5.41) is 7.13. The Hall–Kier alpha value is -1.36. The molecule has 0 radical (unpaired) electrons. The van der Waals surface area contributed by atoms with E-state index in [1.54, 1.807) is 0 Å². The van der Waals surface area contributed by atoms with Crippen LogP contribution in [0.15, 0.2) is 10.6 Å². The number of aromatic nitrogens is 1. The summed E-state index contributed by atoms with van der Waals surface area (Å²) >= 11 is 0. The van der Waals surface area contributed by atoms with Gasteiger partial charge in [-0.15, -0.1) is 0 Å². The molecule has 1 amide bonds. The molecule has 2 fully saturated rings. The highest BCUT2D eigenvalue weighted by atomic mass is 16.5. The lowest BCUT2D eigenvalue weighted by Crippen LogP contribution is -2.41. The Labute approximate surface area is 132 Å². The first-order chi connectivity index (χ1) is 10.6. The predicted octanol–water partition coefficient (Wildman–Crippen LogP) is 2.79. The molecule has 2 aliphatic rings. The van der Waals surface area contributed by atoms with E-state index in [2.05, 4.69) is 36.1 Å². The van der Waals surface area contributed by atoms with Gasteiger partial charge >= 0.3 is 0 Å². The minimum absolute atomic E-state index is 0.0904. The molecule has 122 valence electrons. The summed E-state index contributed by atoms with van der Waals surface area (Å²) in [6, 6.07) is 2.56. The van der Waals surface area contributed by atoms with Crippen molar-refractivity contribution in [2.24, 2.45) is 5.92 Å². The highest BCUT2D eigenvalue weighted by Crippen LogP contribution is 2.40. The first-order valence-corrected chi connectivity index (χ1v) is 8.60. The summed E-state index contributed by atoms with van der Waals surface area (Å²) in [6.07, 6.45) is 4.61. The molecule has 5 heteroatoms. The Bertz CT molecular complexity index is 522. The van der Waals surface area contributed by atoms with Crippen molar-refractivity contribution in [2.75, 3.05) is 13.1 Å². The number of rotatable bonds is 6. The minimum atomic E-state index is -0.0904. The molecule has 2 atom stereocenters. The van der Waals surface area contributed by atoms with Crippen LogP contribution in [0.2, 0.25) is 0 Å². The highest BCUT2D eigenvalue weighted by molar-refractivity contribution is 5.92. The van der Waals surface area contributed by atoms with Crippen molar-refractivity contribution >= 4 is 5.91 Å². The molecule has 1 N–H and O–H groups in total. The number of carbonyl (C=O) groups excluding carboxylic acids is 1. The van der Waals surface area contributed by atoms with Gasteiger partial charge in [0.15, 0.2) is 5.69 Å². The fourth-order valence-electron chi connectivity index (χ4n) is 3.35. The smallest absolute Gasteiger partial charge is 0.273 e. The van der Waals surface area contributed by atoms with Gasteiger partial charge in [-0.3, -0.25) is 9.69 Å². The standard InChI is InChI=1S/C17H27N3O2/c1-4-5-13-9-20(11(2)3)10-15(13)18-17(21)14-8-16(22-19-14)12-6-7-12/h8,11-13,15H,4-7,9-10H2,1-3H3,(H,18,21)/t13-,15-/m1/s1. The third-order valence-electron chi connectivity index (χ3n) is 4.92.